The summed E-state index contributed by atoms with van der Waals surface area (Å²) in [5.41, 5.74) is 8.60. The topological polar surface area (TPSA) is 128 Å². The molecule has 10 heteroatoms. The van der Waals surface area contributed by atoms with Gasteiger partial charge in [-0.2, -0.15) is 4.98 Å². The Morgan fingerprint density at radius 1 is 1.09 bits per heavy atom. The third-order valence-corrected chi connectivity index (χ3v) is 5.40. The molecule has 2 aromatic carbocycles. The third kappa shape index (κ3) is 5.47. The fourth-order valence-electron chi connectivity index (χ4n) is 2.97. The molecule has 0 fully saturated rings. The van der Waals surface area contributed by atoms with Crippen LogP contribution in [0.4, 0.5) is 27.1 Å². The van der Waals surface area contributed by atoms with Gasteiger partial charge in [-0.1, -0.05) is 40.8 Å². The summed E-state index contributed by atoms with van der Waals surface area (Å²) in [6.07, 6.45) is -0.540. The number of rotatable bonds is 5. The highest BCUT2D eigenvalue weighted by atomic mass is 32.1. The van der Waals surface area contributed by atoms with Crippen LogP contribution in [-0.4, -0.2) is 26.8 Å². The number of nitrogens with one attached hydrogen (secondary N) is 2. The van der Waals surface area contributed by atoms with Gasteiger partial charge in [0.2, 0.25) is 5.82 Å². The van der Waals surface area contributed by atoms with E-state index in [2.05, 4.69) is 25.8 Å². The number of aryl methyl sites for hydroxylation is 1. The van der Waals surface area contributed by atoms with Gasteiger partial charge in [0.1, 0.15) is 16.3 Å². The van der Waals surface area contributed by atoms with E-state index in [0.29, 0.717) is 32.9 Å². The van der Waals surface area contributed by atoms with Crippen molar-refractivity contribution < 1.29 is 14.1 Å². The highest BCUT2D eigenvalue weighted by molar-refractivity contribution is 7.19. The van der Waals surface area contributed by atoms with Gasteiger partial charge < -0.3 is 20.3 Å². The number of ether oxygens (including phenoxy) is 1. The molecule has 1 amide bonds. The molecule has 0 aliphatic heterocycles. The van der Waals surface area contributed by atoms with Crippen LogP contribution < -0.4 is 16.4 Å². The lowest BCUT2D eigenvalue weighted by atomic mass is 10.1. The molecule has 2 aromatic heterocycles. The number of nitrogens with zero attached hydrogens (tertiary/aromatic N) is 3. The van der Waals surface area contributed by atoms with E-state index in [1.54, 1.807) is 32.9 Å². The maximum absolute atomic E-state index is 12.1. The number of amides is 1. The van der Waals surface area contributed by atoms with Crippen LogP contribution >= 0.6 is 11.3 Å². The summed E-state index contributed by atoms with van der Waals surface area (Å²) in [6.45, 7) is 7.34. The Labute approximate surface area is 195 Å². The van der Waals surface area contributed by atoms with Crippen molar-refractivity contribution in [3.8, 4) is 22.2 Å². The van der Waals surface area contributed by atoms with E-state index >= 15 is 0 Å². The molecular weight excluding hydrogens is 440 g/mol. The zero-order valence-corrected chi connectivity index (χ0v) is 19.5. The molecule has 0 unspecified atom stereocenters. The minimum Gasteiger partial charge on any atom is -0.444 e. The van der Waals surface area contributed by atoms with Crippen molar-refractivity contribution in [3.63, 3.8) is 0 Å². The van der Waals surface area contributed by atoms with Gasteiger partial charge in [0.15, 0.2) is 5.13 Å². The third-order valence-electron chi connectivity index (χ3n) is 4.42. The molecule has 0 saturated heterocycles. The minimum absolute atomic E-state index is 0.269. The van der Waals surface area contributed by atoms with Gasteiger partial charge in [-0.25, -0.2) is 9.78 Å². The number of benzene rings is 2. The Morgan fingerprint density at radius 2 is 1.85 bits per heavy atom. The Kier molecular flexibility index (Phi) is 6.01. The molecule has 4 aromatic rings. The van der Waals surface area contributed by atoms with Crippen molar-refractivity contribution in [3.05, 3.63) is 54.1 Å². The largest absolute Gasteiger partial charge is 0.444 e. The van der Waals surface area contributed by atoms with E-state index in [9.17, 15) is 4.79 Å². The molecule has 33 heavy (non-hydrogen) atoms. The lowest BCUT2D eigenvalue weighted by Crippen LogP contribution is -2.27. The van der Waals surface area contributed by atoms with Gasteiger partial charge in [-0.3, -0.25) is 5.32 Å². The van der Waals surface area contributed by atoms with Crippen LogP contribution in [-0.2, 0) is 4.74 Å². The van der Waals surface area contributed by atoms with E-state index in [4.69, 9.17) is 15.0 Å². The van der Waals surface area contributed by atoms with Crippen LogP contribution in [0, 0.1) is 6.92 Å². The first-order valence-corrected chi connectivity index (χ1v) is 11.0. The van der Waals surface area contributed by atoms with E-state index in [1.165, 1.54) is 11.3 Å². The van der Waals surface area contributed by atoms with Gasteiger partial charge in [-0.15, -0.1) is 0 Å². The fourth-order valence-corrected chi connectivity index (χ4v) is 3.80. The number of thiazole rings is 1. The number of hydrogen-bond acceptors (Lipinski definition) is 9. The van der Waals surface area contributed by atoms with E-state index in [0.717, 1.165) is 11.3 Å². The highest BCUT2D eigenvalue weighted by Crippen LogP contribution is 2.36. The molecule has 2 heterocycles. The van der Waals surface area contributed by atoms with Crippen molar-refractivity contribution in [2.75, 3.05) is 16.4 Å². The first-order chi connectivity index (χ1) is 15.7. The zero-order chi connectivity index (χ0) is 23.6. The summed E-state index contributed by atoms with van der Waals surface area (Å²) in [7, 11) is 0. The second kappa shape index (κ2) is 8.91. The van der Waals surface area contributed by atoms with Crippen molar-refractivity contribution in [1.29, 1.82) is 0 Å². The van der Waals surface area contributed by atoms with E-state index in [-0.39, 0.29) is 5.89 Å². The minimum atomic E-state index is -0.594. The Bertz CT molecular complexity index is 1280. The lowest BCUT2D eigenvalue weighted by molar-refractivity contribution is 0.0636. The van der Waals surface area contributed by atoms with Gasteiger partial charge in [-0.05, 0) is 57.5 Å². The number of carbonyl (C=O) groups excluding carboxylic acids is 1. The molecule has 0 saturated carbocycles. The Hall–Kier alpha value is -3.92. The summed E-state index contributed by atoms with van der Waals surface area (Å²) in [6, 6.07) is 15.1. The average molecular weight is 465 g/mol. The standard InChI is InChI=1S/C23H24N6O3S/c1-13-10-11-15(26-22(30)31-23(2,3)4)12-16(13)19-28-20(32-29-19)17-18(24)27-21(33-17)25-14-8-6-5-7-9-14/h5-12H,24H2,1-4H3,(H,25,27)(H,26,30). The summed E-state index contributed by atoms with van der Waals surface area (Å²) < 4.78 is 10.8. The molecule has 9 nitrogen and oxygen atoms in total. The number of nitrogen functional groups attached to an aromatic ring is 1. The maximum atomic E-state index is 12.1. The molecule has 0 atom stereocenters. The SMILES string of the molecule is Cc1ccc(NC(=O)OC(C)(C)C)cc1-c1noc(-c2sc(Nc3ccccc3)nc2N)n1. The van der Waals surface area contributed by atoms with Gasteiger partial charge in [0, 0.05) is 16.9 Å². The average Bonchev–Trinajstić information content (AvgIpc) is 3.35. The van der Waals surface area contributed by atoms with Crippen LogP contribution in [0.5, 0.6) is 0 Å². The molecule has 4 rings (SSSR count). The molecule has 0 spiro atoms. The molecule has 0 aliphatic carbocycles. The van der Waals surface area contributed by atoms with Gasteiger partial charge in [0.05, 0.1) is 0 Å². The van der Waals surface area contributed by atoms with Crippen LogP contribution in [0.2, 0.25) is 0 Å². The van der Waals surface area contributed by atoms with Crippen LogP contribution in [0.25, 0.3) is 22.2 Å². The molecule has 0 radical (unpaired) electrons. The fraction of sp³-hybridized carbons (Fsp3) is 0.217. The van der Waals surface area contributed by atoms with Crippen molar-refractivity contribution in [1.82, 2.24) is 15.1 Å². The van der Waals surface area contributed by atoms with E-state index < -0.39 is 11.7 Å². The van der Waals surface area contributed by atoms with Crippen molar-refractivity contribution >= 4 is 39.8 Å². The number of anilines is 4. The first kappa shape index (κ1) is 22.3. The van der Waals surface area contributed by atoms with Gasteiger partial charge in [0.25, 0.3) is 5.89 Å². The summed E-state index contributed by atoms with van der Waals surface area (Å²) in [5.74, 6) is 0.942. The van der Waals surface area contributed by atoms with Crippen LogP contribution in [0.1, 0.15) is 26.3 Å². The second-order valence-corrected chi connectivity index (χ2v) is 9.30. The Morgan fingerprint density at radius 3 is 2.58 bits per heavy atom. The predicted molar refractivity (Wildman–Crippen MR) is 130 cm³/mol. The van der Waals surface area contributed by atoms with Crippen molar-refractivity contribution in [2.24, 2.45) is 0 Å². The Balaban J connectivity index is 1.56. The summed E-state index contributed by atoms with van der Waals surface area (Å²) in [5, 5.41) is 10.7. The zero-order valence-electron chi connectivity index (χ0n) is 18.7. The normalized spacial score (nSPS) is 11.3. The first-order valence-electron chi connectivity index (χ1n) is 10.2. The molecular formula is C23H24N6O3S. The number of carbonyl (C=O) groups is 1. The number of para-hydroxylation sites is 1. The predicted octanol–water partition coefficient (Wildman–Crippen LogP) is 5.84. The summed E-state index contributed by atoms with van der Waals surface area (Å²) >= 11 is 1.32. The smallest absolute Gasteiger partial charge is 0.412 e. The molecule has 4 N–H and O–H groups in total. The quantitative estimate of drug-likeness (QED) is 0.336. The maximum Gasteiger partial charge on any atom is 0.412 e. The van der Waals surface area contributed by atoms with Crippen molar-refractivity contribution in [2.45, 2.75) is 33.3 Å². The number of nitrogens with two attached hydrogens (primary N) is 1. The summed E-state index contributed by atoms with van der Waals surface area (Å²) in [4.78, 5) is 21.6. The van der Waals surface area contributed by atoms with Crippen LogP contribution in [0.15, 0.2) is 53.1 Å². The monoisotopic (exact) mass is 464 g/mol. The molecule has 0 aliphatic rings. The van der Waals surface area contributed by atoms with Crippen LogP contribution in [0.3, 0.4) is 0 Å². The number of aromatic nitrogens is 3. The highest BCUT2D eigenvalue weighted by Gasteiger charge is 2.20. The number of hydrogen-bond donors (Lipinski definition) is 3. The second-order valence-electron chi connectivity index (χ2n) is 8.30. The van der Waals surface area contributed by atoms with E-state index in [1.807, 2.05) is 43.3 Å². The molecule has 0 bridgehead atoms. The van der Waals surface area contributed by atoms with Gasteiger partial charge >= 0.3 is 6.09 Å². The lowest BCUT2D eigenvalue weighted by Gasteiger charge is -2.19. The molecule has 170 valence electrons.